The van der Waals surface area contributed by atoms with Crippen molar-refractivity contribution in [1.29, 1.82) is 0 Å². The molecule has 2 heterocycles. The molecule has 0 saturated heterocycles. The maximum absolute atomic E-state index is 3.88. The number of aromatic amines is 1. The van der Waals surface area contributed by atoms with Crippen molar-refractivity contribution in [2.45, 2.75) is 0 Å². The summed E-state index contributed by atoms with van der Waals surface area (Å²) in [4.78, 5) is 6.73. The molecule has 1 N–H and O–H groups in total. The Balaban J connectivity index is 2.95. The average molecular weight is 119 g/mol. The summed E-state index contributed by atoms with van der Waals surface area (Å²) >= 11 is 0. The molecule has 4 nitrogen and oxygen atoms in total. The summed E-state index contributed by atoms with van der Waals surface area (Å²) in [6.45, 7) is 0. The van der Waals surface area contributed by atoms with Crippen molar-refractivity contribution >= 4 is 11.2 Å². The van der Waals surface area contributed by atoms with Crippen LogP contribution in [0.5, 0.6) is 0 Å². The summed E-state index contributed by atoms with van der Waals surface area (Å²) in [5.41, 5.74) is 1.41. The topological polar surface area (TPSA) is 54.5 Å². The van der Waals surface area contributed by atoms with Gasteiger partial charge >= 0.3 is 0 Å². The van der Waals surface area contributed by atoms with Crippen molar-refractivity contribution < 1.29 is 0 Å². The fraction of sp³-hybridized carbons (Fsp3) is 0. The molecular weight excluding hydrogens is 116 g/mol. The van der Waals surface area contributed by atoms with E-state index in [4.69, 9.17) is 0 Å². The molecule has 0 atom stereocenters. The standard InChI is InChI=1S/C5H3N4/c1-2-6-5-4(1)9-8-3-7-5/h2-3H,(H,6,7,8). The maximum Gasteiger partial charge on any atom is 0.160 e. The Hall–Kier alpha value is -1.45. The van der Waals surface area contributed by atoms with Gasteiger partial charge in [-0.1, -0.05) is 0 Å². The second-order valence-corrected chi connectivity index (χ2v) is 1.59. The molecule has 4 heteroatoms. The monoisotopic (exact) mass is 119 g/mol. The van der Waals surface area contributed by atoms with Crippen LogP contribution in [0.3, 0.4) is 0 Å². The van der Waals surface area contributed by atoms with Crippen molar-refractivity contribution in [3.8, 4) is 0 Å². The Morgan fingerprint density at radius 3 is 3.44 bits per heavy atom. The molecule has 0 unspecified atom stereocenters. The molecule has 0 aromatic carbocycles. The van der Waals surface area contributed by atoms with Crippen LogP contribution >= 0.6 is 0 Å². The smallest absolute Gasteiger partial charge is 0.160 e. The molecular formula is C5H3N4. The Labute approximate surface area is 50.9 Å². The van der Waals surface area contributed by atoms with Crippen LogP contribution in [0.4, 0.5) is 0 Å². The molecule has 2 aromatic heterocycles. The first-order chi connectivity index (χ1) is 4.47. The first-order valence-corrected chi connectivity index (χ1v) is 2.49. The molecule has 0 amide bonds. The van der Waals surface area contributed by atoms with Gasteiger partial charge in [-0.15, -0.1) is 10.2 Å². The van der Waals surface area contributed by atoms with Crippen LogP contribution in [0.1, 0.15) is 0 Å². The minimum atomic E-state index is 0.678. The molecule has 2 rings (SSSR count). The van der Waals surface area contributed by atoms with Gasteiger partial charge < -0.3 is 4.98 Å². The Bertz CT molecular complexity index is 283. The highest BCUT2D eigenvalue weighted by Crippen LogP contribution is 1.99. The van der Waals surface area contributed by atoms with E-state index in [-0.39, 0.29) is 0 Å². The number of hydrogen-bond donors (Lipinski definition) is 1. The van der Waals surface area contributed by atoms with Crippen LogP contribution < -0.4 is 0 Å². The first-order valence-electron chi connectivity index (χ1n) is 2.49. The number of hydrogen-bond acceptors (Lipinski definition) is 3. The predicted molar refractivity (Wildman–Crippen MR) is 30.5 cm³/mol. The van der Waals surface area contributed by atoms with Gasteiger partial charge in [-0.2, -0.15) is 0 Å². The highest BCUT2D eigenvalue weighted by atomic mass is 15.1. The largest absolute Gasteiger partial charge is 0.344 e. The number of nitrogens with zero attached hydrogens (tertiary/aromatic N) is 3. The summed E-state index contributed by atoms with van der Waals surface area (Å²) < 4.78 is 0. The molecule has 0 aliphatic carbocycles. The van der Waals surface area contributed by atoms with E-state index in [1.54, 1.807) is 6.20 Å². The molecule has 9 heavy (non-hydrogen) atoms. The SMILES string of the molecule is [c]1c[nH]c2ncnnc12. The number of rotatable bonds is 0. The third-order valence-electron chi connectivity index (χ3n) is 1.04. The van der Waals surface area contributed by atoms with Gasteiger partial charge in [-0.3, -0.25) is 0 Å². The first kappa shape index (κ1) is 4.43. The molecule has 2 aromatic rings. The van der Waals surface area contributed by atoms with Crippen LogP contribution in [0.25, 0.3) is 11.2 Å². The third-order valence-corrected chi connectivity index (χ3v) is 1.04. The van der Waals surface area contributed by atoms with E-state index in [9.17, 15) is 0 Å². The lowest BCUT2D eigenvalue weighted by Gasteiger charge is -1.80. The van der Waals surface area contributed by atoms with Gasteiger partial charge in [-0.05, 0) is 0 Å². The van der Waals surface area contributed by atoms with Gasteiger partial charge in [0.1, 0.15) is 11.8 Å². The van der Waals surface area contributed by atoms with Gasteiger partial charge in [0.05, 0.1) is 0 Å². The normalized spacial score (nSPS) is 10.2. The van der Waals surface area contributed by atoms with Gasteiger partial charge in [-0.25, -0.2) is 4.98 Å². The molecule has 0 aliphatic rings. The number of aromatic nitrogens is 4. The molecule has 0 saturated carbocycles. The summed E-state index contributed by atoms with van der Waals surface area (Å²) in [6.07, 6.45) is 3.05. The van der Waals surface area contributed by atoms with E-state index < -0.39 is 0 Å². The molecule has 0 spiro atoms. The Morgan fingerprint density at radius 2 is 2.56 bits per heavy atom. The lowest BCUT2D eigenvalue weighted by Crippen LogP contribution is -1.82. The van der Waals surface area contributed by atoms with Crippen LogP contribution in [0.15, 0.2) is 12.5 Å². The minimum absolute atomic E-state index is 0.678. The zero-order valence-corrected chi connectivity index (χ0v) is 4.50. The van der Waals surface area contributed by atoms with Gasteiger partial charge in [0.25, 0.3) is 0 Å². The van der Waals surface area contributed by atoms with Crippen LogP contribution in [0.2, 0.25) is 0 Å². The van der Waals surface area contributed by atoms with Crippen molar-refractivity contribution in [2.24, 2.45) is 0 Å². The van der Waals surface area contributed by atoms with E-state index in [1.165, 1.54) is 6.33 Å². The van der Waals surface area contributed by atoms with E-state index in [0.717, 1.165) is 5.65 Å². The quantitative estimate of drug-likeness (QED) is 0.537. The lowest BCUT2D eigenvalue weighted by molar-refractivity contribution is 1.02. The van der Waals surface area contributed by atoms with Crippen LogP contribution in [0, 0.1) is 6.07 Å². The summed E-state index contributed by atoms with van der Waals surface area (Å²) in [7, 11) is 0. The minimum Gasteiger partial charge on any atom is -0.344 e. The third kappa shape index (κ3) is 0.561. The molecule has 1 radical (unpaired) electrons. The van der Waals surface area contributed by atoms with Crippen molar-refractivity contribution in [2.75, 3.05) is 0 Å². The van der Waals surface area contributed by atoms with Crippen molar-refractivity contribution in [1.82, 2.24) is 20.2 Å². The number of H-pyrrole nitrogens is 1. The predicted octanol–water partition coefficient (Wildman–Crippen LogP) is 0.153. The summed E-state index contributed by atoms with van der Waals surface area (Å²) in [5, 5.41) is 7.31. The molecule has 0 fully saturated rings. The Kier molecular flexibility index (Phi) is 0.745. The van der Waals surface area contributed by atoms with Gasteiger partial charge in [0.15, 0.2) is 5.65 Å². The fourth-order valence-corrected chi connectivity index (χ4v) is 0.651. The van der Waals surface area contributed by atoms with Crippen molar-refractivity contribution in [3.63, 3.8) is 0 Å². The Morgan fingerprint density at radius 1 is 1.56 bits per heavy atom. The highest BCUT2D eigenvalue weighted by Gasteiger charge is 1.92. The highest BCUT2D eigenvalue weighted by molar-refractivity contribution is 5.67. The summed E-state index contributed by atoms with van der Waals surface area (Å²) in [5.74, 6) is 0. The zero-order chi connectivity index (χ0) is 6.10. The fourth-order valence-electron chi connectivity index (χ4n) is 0.651. The average Bonchev–Trinajstić information content (AvgIpc) is 2.33. The number of nitrogens with one attached hydrogen (secondary N) is 1. The van der Waals surface area contributed by atoms with Crippen LogP contribution in [-0.4, -0.2) is 20.2 Å². The number of fused-ring (bicyclic) bond motifs is 1. The maximum atomic E-state index is 3.88. The van der Waals surface area contributed by atoms with Crippen molar-refractivity contribution in [3.05, 3.63) is 18.6 Å². The van der Waals surface area contributed by atoms with E-state index in [1.807, 2.05) is 0 Å². The second-order valence-electron chi connectivity index (χ2n) is 1.59. The molecule has 0 bridgehead atoms. The van der Waals surface area contributed by atoms with Gasteiger partial charge in [0, 0.05) is 12.3 Å². The lowest BCUT2D eigenvalue weighted by atomic mass is 10.6. The van der Waals surface area contributed by atoms with E-state index in [0.29, 0.717) is 5.52 Å². The second kappa shape index (κ2) is 1.51. The van der Waals surface area contributed by atoms with E-state index in [2.05, 4.69) is 26.2 Å². The molecule has 43 valence electrons. The van der Waals surface area contributed by atoms with E-state index >= 15 is 0 Å². The molecule has 0 aliphatic heterocycles. The zero-order valence-electron chi connectivity index (χ0n) is 4.50. The van der Waals surface area contributed by atoms with Crippen LogP contribution in [-0.2, 0) is 0 Å². The summed E-state index contributed by atoms with van der Waals surface area (Å²) in [6, 6.07) is 2.83. The van der Waals surface area contributed by atoms with Gasteiger partial charge in [0.2, 0.25) is 0 Å².